The molecule has 4 nitrogen and oxygen atoms in total. The molecule has 0 spiro atoms. The zero-order chi connectivity index (χ0) is 17.1. The predicted molar refractivity (Wildman–Crippen MR) is 99.5 cm³/mol. The average Bonchev–Trinajstić information content (AvgIpc) is 3.17. The normalized spacial score (nSPS) is 18.8. The van der Waals surface area contributed by atoms with Crippen molar-refractivity contribution in [2.45, 2.75) is 38.3 Å². The van der Waals surface area contributed by atoms with Gasteiger partial charge in [-0.3, -0.25) is 0 Å². The predicted octanol–water partition coefficient (Wildman–Crippen LogP) is 3.97. The van der Waals surface area contributed by atoms with E-state index in [9.17, 15) is 4.79 Å². The van der Waals surface area contributed by atoms with Gasteiger partial charge in [0.15, 0.2) is 0 Å². The van der Waals surface area contributed by atoms with E-state index in [1.54, 1.807) is 6.41 Å². The molecular formula is C21H23N2O2Sc-. The van der Waals surface area contributed by atoms with Crippen LogP contribution in [0, 0.1) is 0 Å². The number of carbonyl (C=O) groups excluding carboxylic acids is 1. The van der Waals surface area contributed by atoms with Gasteiger partial charge >= 0.3 is 0 Å². The number of anilines is 2. The second-order valence-electron chi connectivity index (χ2n) is 6.84. The Bertz CT molecular complexity index is 742. The van der Waals surface area contributed by atoms with E-state index in [1.807, 2.05) is 6.07 Å². The summed E-state index contributed by atoms with van der Waals surface area (Å²) in [7, 11) is 0. The van der Waals surface area contributed by atoms with E-state index in [-0.39, 0.29) is 31.9 Å². The molecular weight excluding hydrogens is 357 g/mol. The first-order chi connectivity index (χ1) is 12.3. The topological polar surface area (TPSA) is 41.6 Å². The molecule has 1 fully saturated rings. The van der Waals surface area contributed by atoms with Crippen molar-refractivity contribution in [3.63, 3.8) is 0 Å². The maximum atomic E-state index is 10.5. The Morgan fingerprint density at radius 3 is 2.73 bits per heavy atom. The molecule has 2 aromatic rings. The van der Waals surface area contributed by atoms with E-state index < -0.39 is 0 Å². The Morgan fingerprint density at radius 1 is 1.15 bits per heavy atom. The summed E-state index contributed by atoms with van der Waals surface area (Å²) in [4.78, 5) is 12.9. The van der Waals surface area contributed by atoms with Crippen molar-refractivity contribution in [1.82, 2.24) is 0 Å². The first kappa shape index (κ1) is 19.3. The number of fused-ring (bicyclic) bond motifs is 1. The van der Waals surface area contributed by atoms with Gasteiger partial charge in [-0.05, 0) is 42.4 Å². The molecule has 1 radical (unpaired) electrons. The van der Waals surface area contributed by atoms with Crippen LogP contribution in [-0.4, -0.2) is 19.6 Å². The number of ether oxygens (including phenoxy) is 1. The zero-order valence-electron chi connectivity index (χ0n) is 14.9. The fourth-order valence-corrected chi connectivity index (χ4v) is 3.87. The van der Waals surface area contributed by atoms with Crippen LogP contribution in [0.2, 0.25) is 0 Å². The number of benzene rings is 2. The molecule has 0 bridgehead atoms. The minimum absolute atomic E-state index is 0. The van der Waals surface area contributed by atoms with Crippen LogP contribution in [0.15, 0.2) is 42.5 Å². The largest absolute Gasteiger partial charge is 0.490 e. The van der Waals surface area contributed by atoms with Crippen LogP contribution in [0.3, 0.4) is 0 Å². The van der Waals surface area contributed by atoms with Gasteiger partial charge in [0.1, 0.15) is 0 Å². The molecule has 2 heterocycles. The zero-order valence-corrected chi connectivity index (χ0v) is 16.7. The van der Waals surface area contributed by atoms with E-state index in [4.69, 9.17) is 4.74 Å². The van der Waals surface area contributed by atoms with Crippen molar-refractivity contribution in [3.05, 3.63) is 59.2 Å². The van der Waals surface area contributed by atoms with E-state index in [2.05, 4.69) is 46.6 Å². The van der Waals surface area contributed by atoms with Crippen molar-refractivity contribution >= 4 is 17.8 Å². The van der Waals surface area contributed by atoms with Crippen LogP contribution in [0.5, 0.6) is 0 Å². The molecule has 2 aliphatic heterocycles. The summed E-state index contributed by atoms with van der Waals surface area (Å²) < 4.78 is 5.76. The summed E-state index contributed by atoms with van der Waals surface area (Å²) >= 11 is 0. The molecule has 5 heteroatoms. The van der Waals surface area contributed by atoms with Crippen molar-refractivity contribution in [2.24, 2.45) is 0 Å². The van der Waals surface area contributed by atoms with Gasteiger partial charge in [-0.15, -0.1) is 17.8 Å². The van der Waals surface area contributed by atoms with Crippen molar-refractivity contribution in [3.8, 4) is 0 Å². The minimum Gasteiger partial charge on any atom is -0.490 e. The second kappa shape index (κ2) is 8.96. The minimum atomic E-state index is 0. The Labute approximate surface area is 173 Å². The number of nitrogens with zero attached hydrogens (tertiary/aromatic N) is 1. The molecule has 26 heavy (non-hydrogen) atoms. The first-order valence-corrected chi connectivity index (χ1v) is 9.05. The standard InChI is InChI=1S/C21H23N2O2.Sc/c24-15-22-19-9-10-20-18(13-19)3-1-11-23(20)14-16-5-7-17(8-6-16)21-4-2-12-25-21;/h5-10,13,21H,1-4,11-12,14H2,(H,22,24);/q-1;. The van der Waals surface area contributed by atoms with E-state index in [0.29, 0.717) is 0 Å². The number of nitrogens with one attached hydrogen (secondary N) is 1. The third kappa shape index (κ3) is 4.26. The molecule has 0 saturated carbocycles. The van der Waals surface area contributed by atoms with Crippen LogP contribution in [0.1, 0.15) is 42.1 Å². The number of hydrogen-bond acceptors (Lipinski definition) is 3. The van der Waals surface area contributed by atoms with Crippen LogP contribution in [0.4, 0.5) is 11.4 Å². The molecule has 1 atom stereocenters. The third-order valence-corrected chi connectivity index (χ3v) is 5.14. The molecule has 133 valence electrons. The fourth-order valence-electron chi connectivity index (χ4n) is 3.87. The first-order valence-electron chi connectivity index (χ1n) is 9.05. The van der Waals surface area contributed by atoms with Gasteiger partial charge in [-0.1, -0.05) is 30.3 Å². The summed E-state index contributed by atoms with van der Waals surface area (Å²) in [5.74, 6) is 0. The molecule has 2 aliphatic rings. The quantitative estimate of drug-likeness (QED) is 0.631. The Morgan fingerprint density at radius 2 is 2.00 bits per heavy atom. The summed E-state index contributed by atoms with van der Waals surface area (Å²) in [5.41, 5.74) is 5.99. The molecule has 4 rings (SSSR count). The Kier molecular flexibility index (Phi) is 6.65. The number of amides is 1. The van der Waals surface area contributed by atoms with Gasteiger partial charge in [-0.25, -0.2) is 0 Å². The summed E-state index contributed by atoms with van der Waals surface area (Å²) in [6.07, 6.45) is 6.51. The summed E-state index contributed by atoms with van der Waals surface area (Å²) in [5, 5.41) is 2.62. The van der Waals surface area contributed by atoms with Crippen LogP contribution >= 0.6 is 0 Å². The summed E-state index contributed by atoms with van der Waals surface area (Å²) in [6.45, 7) is 2.86. The van der Waals surface area contributed by atoms with Crippen molar-refractivity contribution < 1.29 is 35.4 Å². The maximum absolute atomic E-state index is 10.5. The van der Waals surface area contributed by atoms with Gasteiger partial charge in [0.05, 0.1) is 12.5 Å². The smallest absolute Gasteiger partial charge is 0.0825 e. The Balaban J connectivity index is 0.00000196. The molecule has 0 aliphatic carbocycles. The number of rotatable bonds is 5. The second-order valence-corrected chi connectivity index (χ2v) is 6.84. The molecule has 1 unspecified atom stereocenters. The van der Waals surface area contributed by atoms with Gasteiger partial charge < -0.3 is 19.7 Å². The molecule has 1 N–H and O–H groups in total. The van der Waals surface area contributed by atoms with Crippen LogP contribution in [-0.2, 0) is 48.3 Å². The molecule has 2 aromatic carbocycles. The molecule has 1 saturated heterocycles. The SMILES string of the molecule is O=[C-]Nc1ccc2c(c1)CCCN2Cc1ccc(C2CCCO2)cc1.[Sc]. The fraction of sp³-hybridized carbons (Fsp3) is 0.381. The van der Waals surface area contributed by atoms with Crippen LogP contribution < -0.4 is 10.2 Å². The molecule has 0 aromatic heterocycles. The third-order valence-electron chi connectivity index (χ3n) is 5.14. The Hall–Kier alpha value is -1.46. The number of aryl methyl sites for hydroxylation is 1. The summed E-state index contributed by atoms with van der Waals surface area (Å²) in [6, 6.07) is 15.0. The average molecular weight is 380 g/mol. The van der Waals surface area contributed by atoms with Crippen molar-refractivity contribution in [1.29, 1.82) is 0 Å². The van der Waals surface area contributed by atoms with Crippen LogP contribution in [0.25, 0.3) is 0 Å². The maximum Gasteiger partial charge on any atom is 0.0825 e. The van der Waals surface area contributed by atoms with E-state index >= 15 is 0 Å². The molecule has 1 amide bonds. The van der Waals surface area contributed by atoms with E-state index in [0.717, 1.165) is 51.1 Å². The number of hydrogen-bond donors (Lipinski definition) is 1. The van der Waals surface area contributed by atoms with E-state index in [1.165, 1.54) is 22.4 Å². The van der Waals surface area contributed by atoms with Gasteiger partial charge in [-0.2, -0.15) is 0 Å². The monoisotopic (exact) mass is 380 g/mol. The van der Waals surface area contributed by atoms with Gasteiger partial charge in [0.2, 0.25) is 0 Å². The van der Waals surface area contributed by atoms with Crippen molar-refractivity contribution in [2.75, 3.05) is 23.4 Å². The van der Waals surface area contributed by atoms with Gasteiger partial charge in [0.25, 0.3) is 0 Å². The van der Waals surface area contributed by atoms with Gasteiger partial charge in [0, 0.05) is 51.2 Å².